The highest BCUT2D eigenvalue weighted by Crippen LogP contribution is 2.07. The molecule has 0 radical (unpaired) electrons. The molecule has 1 rings (SSSR count). The Labute approximate surface area is 84.0 Å². The van der Waals surface area contributed by atoms with E-state index in [-0.39, 0.29) is 0 Å². The zero-order chi connectivity index (χ0) is 9.68. The molecule has 2 heteroatoms. The standard InChI is InChI=1S/C11H12OS/c1-9(11(13)12-2)8-10-6-4-3-5-7-10/h3-8H,1-2H3. The third-order valence-corrected chi connectivity index (χ3v) is 2.18. The third kappa shape index (κ3) is 2.99. The van der Waals surface area contributed by atoms with Gasteiger partial charge in [0.25, 0.3) is 0 Å². The number of rotatable bonds is 2. The second kappa shape index (κ2) is 4.77. The van der Waals surface area contributed by atoms with Crippen LogP contribution in [0.5, 0.6) is 0 Å². The maximum Gasteiger partial charge on any atom is 0.186 e. The number of thiocarbonyl (C=S) groups is 1. The molecule has 1 nitrogen and oxygen atoms in total. The van der Waals surface area contributed by atoms with E-state index in [1.165, 1.54) is 0 Å². The molecule has 68 valence electrons. The van der Waals surface area contributed by atoms with E-state index in [0.29, 0.717) is 5.05 Å². The molecule has 1 aromatic carbocycles. The minimum absolute atomic E-state index is 0.545. The van der Waals surface area contributed by atoms with E-state index in [1.54, 1.807) is 7.11 Å². The molecular weight excluding hydrogens is 180 g/mol. The van der Waals surface area contributed by atoms with Crippen LogP contribution in [0.2, 0.25) is 0 Å². The van der Waals surface area contributed by atoms with Gasteiger partial charge >= 0.3 is 0 Å². The maximum atomic E-state index is 4.99. The van der Waals surface area contributed by atoms with Crippen LogP contribution >= 0.6 is 12.2 Å². The molecule has 0 spiro atoms. The van der Waals surface area contributed by atoms with Gasteiger partial charge in [-0.05, 0) is 30.8 Å². The van der Waals surface area contributed by atoms with Gasteiger partial charge in [-0.15, -0.1) is 0 Å². The largest absolute Gasteiger partial charge is 0.486 e. The summed E-state index contributed by atoms with van der Waals surface area (Å²) in [5, 5.41) is 0.545. The summed E-state index contributed by atoms with van der Waals surface area (Å²) in [5.74, 6) is 0. The maximum absolute atomic E-state index is 4.99. The average molecular weight is 192 g/mol. The van der Waals surface area contributed by atoms with Gasteiger partial charge < -0.3 is 4.74 Å². The van der Waals surface area contributed by atoms with Crippen LogP contribution in [-0.4, -0.2) is 12.2 Å². The third-order valence-electron chi connectivity index (χ3n) is 1.69. The Bertz CT molecular complexity index is 314. The first kappa shape index (κ1) is 9.93. The fourth-order valence-electron chi connectivity index (χ4n) is 1.02. The Hall–Kier alpha value is -1.15. The zero-order valence-electron chi connectivity index (χ0n) is 7.78. The van der Waals surface area contributed by atoms with Crippen LogP contribution in [0.1, 0.15) is 12.5 Å². The Morgan fingerprint density at radius 2 is 1.92 bits per heavy atom. The van der Waals surface area contributed by atoms with Crippen molar-refractivity contribution in [2.24, 2.45) is 0 Å². The lowest BCUT2D eigenvalue weighted by atomic mass is 10.1. The lowest BCUT2D eigenvalue weighted by Crippen LogP contribution is -1.97. The SMILES string of the molecule is COC(=S)C(C)=Cc1ccccc1. The molecule has 0 atom stereocenters. The van der Waals surface area contributed by atoms with Gasteiger partial charge in [-0.3, -0.25) is 0 Å². The molecule has 0 fully saturated rings. The highest BCUT2D eigenvalue weighted by Gasteiger charge is 1.96. The summed E-state index contributed by atoms with van der Waals surface area (Å²) in [6.45, 7) is 1.94. The van der Waals surface area contributed by atoms with E-state index in [0.717, 1.165) is 11.1 Å². The average Bonchev–Trinajstić information content (AvgIpc) is 2.18. The molecule has 0 aliphatic carbocycles. The van der Waals surface area contributed by atoms with Crippen molar-refractivity contribution < 1.29 is 4.74 Å². The molecule has 13 heavy (non-hydrogen) atoms. The molecule has 0 unspecified atom stereocenters. The number of benzene rings is 1. The number of hydrogen-bond donors (Lipinski definition) is 0. The van der Waals surface area contributed by atoms with Crippen LogP contribution in [0, 0.1) is 0 Å². The fraction of sp³-hybridized carbons (Fsp3) is 0.182. The summed E-state index contributed by atoms with van der Waals surface area (Å²) in [4.78, 5) is 0. The zero-order valence-corrected chi connectivity index (χ0v) is 8.60. The quantitative estimate of drug-likeness (QED) is 0.526. The first-order chi connectivity index (χ1) is 6.24. The molecule has 1 aromatic rings. The van der Waals surface area contributed by atoms with Gasteiger partial charge in [-0.25, -0.2) is 0 Å². The van der Waals surface area contributed by atoms with Crippen molar-refractivity contribution in [3.05, 3.63) is 41.5 Å². The lowest BCUT2D eigenvalue weighted by Gasteiger charge is -2.01. The molecule has 0 N–H and O–H groups in total. The monoisotopic (exact) mass is 192 g/mol. The number of hydrogen-bond acceptors (Lipinski definition) is 2. The van der Waals surface area contributed by atoms with Gasteiger partial charge in [-0.2, -0.15) is 0 Å². The Morgan fingerprint density at radius 1 is 1.31 bits per heavy atom. The molecule has 0 aromatic heterocycles. The van der Waals surface area contributed by atoms with E-state index < -0.39 is 0 Å². The first-order valence-corrected chi connectivity index (χ1v) is 4.46. The van der Waals surface area contributed by atoms with Crippen molar-refractivity contribution in [3.63, 3.8) is 0 Å². The van der Waals surface area contributed by atoms with Gasteiger partial charge in [0.2, 0.25) is 0 Å². The van der Waals surface area contributed by atoms with E-state index in [1.807, 2.05) is 43.3 Å². The molecule has 0 aliphatic heterocycles. The summed E-state index contributed by atoms with van der Waals surface area (Å²) < 4.78 is 4.95. The van der Waals surface area contributed by atoms with Crippen LogP contribution < -0.4 is 0 Å². The topological polar surface area (TPSA) is 9.23 Å². The van der Waals surface area contributed by atoms with Crippen molar-refractivity contribution in [1.82, 2.24) is 0 Å². The summed E-state index contributed by atoms with van der Waals surface area (Å²) in [7, 11) is 1.59. The van der Waals surface area contributed by atoms with Crippen molar-refractivity contribution in [1.29, 1.82) is 0 Å². The fourth-order valence-corrected chi connectivity index (χ4v) is 1.08. The second-order valence-electron chi connectivity index (χ2n) is 2.73. The van der Waals surface area contributed by atoms with Crippen LogP contribution in [0.4, 0.5) is 0 Å². The highest BCUT2D eigenvalue weighted by molar-refractivity contribution is 7.80. The van der Waals surface area contributed by atoms with E-state index in [2.05, 4.69) is 0 Å². The van der Waals surface area contributed by atoms with Crippen LogP contribution in [0.3, 0.4) is 0 Å². The summed E-state index contributed by atoms with van der Waals surface area (Å²) >= 11 is 4.99. The van der Waals surface area contributed by atoms with Gasteiger partial charge in [0.05, 0.1) is 7.11 Å². The summed E-state index contributed by atoms with van der Waals surface area (Å²) in [6, 6.07) is 10.0. The van der Waals surface area contributed by atoms with Crippen molar-refractivity contribution in [2.75, 3.05) is 7.11 Å². The van der Waals surface area contributed by atoms with Crippen LogP contribution in [0.15, 0.2) is 35.9 Å². The Kier molecular flexibility index (Phi) is 3.65. The minimum atomic E-state index is 0.545. The molecule has 0 saturated heterocycles. The molecule has 0 aliphatic rings. The van der Waals surface area contributed by atoms with Gasteiger partial charge in [0, 0.05) is 5.57 Å². The van der Waals surface area contributed by atoms with Crippen LogP contribution in [-0.2, 0) is 4.74 Å². The van der Waals surface area contributed by atoms with Crippen molar-refractivity contribution in [3.8, 4) is 0 Å². The van der Waals surface area contributed by atoms with Crippen molar-refractivity contribution >= 4 is 23.3 Å². The van der Waals surface area contributed by atoms with E-state index in [9.17, 15) is 0 Å². The molecular formula is C11H12OS. The van der Waals surface area contributed by atoms with Crippen LogP contribution in [0.25, 0.3) is 6.08 Å². The minimum Gasteiger partial charge on any atom is -0.486 e. The van der Waals surface area contributed by atoms with Gasteiger partial charge in [0.1, 0.15) is 0 Å². The second-order valence-corrected chi connectivity index (χ2v) is 3.10. The molecule has 0 amide bonds. The highest BCUT2D eigenvalue weighted by atomic mass is 32.1. The van der Waals surface area contributed by atoms with E-state index in [4.69, 9.17) is 17.0 Å². The smallest absolute Gasteiger partial charge is 0.186 e. The van der Waals surface area contributed by atoms with E-state index >= 15 is 0 Å². The number of ether oxygens (including phenoxy) is 1. The van der Waals surface area contributed by atoms with Gasteiger partial charge in [0.15, 0.2) is 5.05 Å². The van der Waals surface area contributed by atoms with Crippen molar-refractivity contribution in [2.45, 2.75) is 6.92 Å². The predicted molar refractivity (Wildman–Crippen MR) is 59.7 cm³/mol. The normalized spacial score (nSPS) is 11.1. The first-order valence-electron chi connectivity index (χ1n) is 4.05. The molecule has 0 bridgehead atoms. The summed E-state index contributed by atoms with van der Waals surface area (Å²) in [5.41, 5.74) is 2.11. The molecule has 0 heterocycles. The summed E-state index contributed by atoms with van der Waals surface area (Å²) in [6.07, 6.45) is 2.01. The van der Waals surface area contributed by atoms with Gasteiger partial charge in [-0.1, -0.05) is 30.3 Å². The number of methoxy groups -OCH3 is 1. The lowest BCUT2D eigenvalue weighted by molar-refractivity contribution is 0.415. The Balaban J connectivity index is 2.83. The Morgan fingerprint density at radius 3 is 2.46 bits per heavy atom. The molecule has 0 saturated carbocycles. The predicted octanol–water partition coefficient (Wildman–Crippen LogP) is 3.06.